The molecule has 0 heterocycles. The van der Waals surface area contributed by atoms with Crippen molar-refractivity contribution in [3.8, 4) is 22.3 Å². The van der Waals surface area contributed by atoms with E-state index in [1.807, 2.05) is 12.2 Å². The summed E-state index contributed by atoms with van der Waals surface area (Å²) in [6, 6.07) is 148. The summed E-state index contributed by atoms with van der Waals surface area (Å²) in [6.07, 6.45) is 3.72. The SMILES string of the molecule is C=Cc1ccc(COCc2ccc(N(c3ccc(-c4ccc(N(c5ccc(COCc6ccc(N(c7ccc(-c8ccc(N(c9ccc(COCc%10ccc(C=C)cc%10)cc9)c9cccc%10ccccc9%10)cc8)cc7)c7cccc8ccccc78)cc6)cc5)c5cccc6ccccc56)cc4)cc3)c3cccc4ccccc34)cc2)cc1. The molecule has 18 rings (SSSR count). The molecule has 0 aromatic heterocycles. The minimum absolute atomic E-state index is 0.455. The first-order chi connectivity index (χ1) is 57.9. The Balaban J connectivity index is 0.559. The van der Waals surface area contributed by atoms with Crippen molar-refractivity contribution in [2.24, 2.45) is 0 Å². The fourth-order valence-electron chi connectivity index (χ4n) is 15.9. The van der Waals surface area contributed by atoms with Gasteiger partial charge < -0.3 is 33.8 Å². The Hall–Kier alpha value is -14.4. The van der Waals surface area contributed by atoms with E-state index in [1.54, 1.807) is 0 Å². The zero-order valence-corrected chi connectivity index (χ0v) is 65.1. The molecule has 0 aliphatic rings. The van der Waals surface area contributed by atoms with E-state index in [4.69, 9.17) is 14.2 Å². The molecule has 0 radical (unpaired) electrons. The summed E-state index contributed by atoms with van der Waals surface area (Å²) in [4.78, 5) is 9.45. The molecule has 0 saturated carbocycles. The maximum atomic E-state index is 6.56. The van der Waals surface area contributed by atoms with Crippen LogP contribution in [0.2, 0.25) is 0 Å². The minimum Gasteiger partial charge on any atom is -0.372 e. The van der Waals surface area contributed by atoms with Gasteiger partial charge in [-0.3, -0.25) is 0 Å². The Labute approximate surface area is 685 Å². The summed E-state index contributed by atoms with van der Waals surface area (Å²) < 4.78 is 18.9. The van der Waals surface area contributed by atoms with Gasteiger partial charge in [0, 0.05) is 67.0 Å². The van der Waals surface area contributed by atoms with Crippen LogP contribution in [0.4, 0.5) is 68.2 Å². The van der Waals surface area contributed by atoms with Gasteiger partial charge in [0.25, 0.3) is 0 Å². The standard InChI is InChI=1S/C110H86N4O3/c1-3-79-33-37-81(38-34-79)73-115-75-83-41-57-95(58-42-83)111(107-29-13-21-91-17-5-9-25-103(91)107)99-65-49-87(50-66-99)89-53-69-101(70-54-89)113(109-31-15-23-93-19-7-11-27-105(93)109)97-61-45-85(46-62-97)77-117-78-86-47-63-98(64-48-86)114(110-32-16-24-94-20-8-12-28-106(94)110)102-71-55-90(56-72-102)88-51-67-100(68-52-88)112(108-30-14-22-92-18-6-10-26-104(92)108)96-59-43-84(44-60-96)76-116-74-82-39-35-80(4-2)36-40-82/h3-72H,1-2,73-78H2. The number of fused-ring (bicyclic) bond motifs is 4. The molecule has 0 spiro atoms. The molecule has 0 atom stereocenters. The average Bonchev–Trinajstić information content (AvgIpc) is 0.787. The second-order valence-electron chi connectivity index (χ2n) is 29.6. The summed E-state index contributed by atoms with van der Waals surface area (Å²) in [5.41, 5.74) is 26.3. The van der Waals surface area contributed by atoms with Crippen LogP contribution in [0, 0.1) is 0 Å². The Morgan fingerprint density at radius 1 is 0.179 bits per heavy atom. The summed E-state index contributed by atoms with van der Waals surface area (Å²) in [6.45, 7) is 10.8. The van der Waals surface area contributed by atoms with Crippen molar-refractivity contribution >= 4 is 123 Å². The molecule has 117 heavy (non-hydrogen) atoms. The van der Waals surface area contributed by atoms with E-state index < -0.39 is 0 Å². The van der Waals surface area contributed by atoms with E-state index >= 15 is 0 Å². The molecular formula is C110H86N4O3. The highest BCUT2D eigenvalue weighted by Gasteiger charge is 2.22. The molecule has 564 valence electrons. The van der Waals surface area contributed by atoms with Crippen LogP contribution in [0.3, 0.4) is 0 Å². The molecular weight excluding hydrogens is 1430 g/mol. The van der Waals surface area contributed by atoms with Crippen molar-refractivity contribution < 1.29 is 14.2 Å². The van der Waals surface area contributed by atoms with Gasteiger partial charge in [0.05, 0.1) is 62.4 Å². The monoisotopic (exact) mass is 1510 g/mol. The van der Waals surface area contributed by atoms with E-state index in [9.17, 15) is 0 Å². The number of rotatable bonds is 28. The van der Waals surface area contributed by atoms with Gasteiger partial charge in [0.1, 0.15) is 0 Å². The second kappa shape index (κ2) is 34.5. The van der Waals surface area contributed by atoms with Crippen LogP contribution in [0.5, 0.6) is 0 Å². The van der Waals surface area contributed by atoms with Gasteiger partial charge in [0.15, 0.2) is 0 Å². The van der Waals surface area contributed by atoms with E-state index in [0.29, 0.717) is 39.6 Å². The highest BCUT2D eigenvalue weighted by Crippen LogP contribution is 2.46. The van der Waals surface area contributed by atoms with Crippen molar-refractivity contribution in [2.75, 3.05) is 19.6 Å². The van der Waals surface area contributed by atoms with E-state index in [-0.39, 0.29) is 0 Å². The number of hydrogen-bond acceptors (Lipinski definition) is 7. The number of benzene rings is 18. The summed E-state index contributed by atoms with van der Waals surface area (Å²) >= 11 is 0. The number of nitrogens with zero attached hydrogens (tertiary/aromatic N) is 4. The van der Waals surface area contributed by atoms with E-state index in [2.05, 4.69) is 445 Å². The van der Waals surface area contributed by atoms with Crippen LogP contribution in [-0.4, -0.2) is 0 Å². The van der Waals surface area contributed by atoms with Gasteiger partial charge in [0.2, 0.25) is 0 Å². The van der Waals surface area contributed by atoms with Crippen LogP contribution >= 0.6 is 0 Å². The third kappa shape index (κ3) is 16.4. The normalized spacial score (nSPS) is 11.3. The molecule has 0 fully saturated rings. The van der Waals surface area contributed by atoms with Crippen LogP contribution in [-0.2, 0) is 53.9 Å². The second-order valence-corrected chi connectivity index (χ2v) is 29.6. The Bertz CT molecular complexity index is 6050. The quantitative estimate of drug-likeness (QED) is 0.0484. The molecule has 0 aliphatic carbocycles. The number of ether oxygens (including phenoxy) is 3. The Morgan fingerprint density at radius 3 is 0.547 bits per heavy atom. The number of hydrogen-bond donors (Lipinski definition) is 0. The lowest BCUT2D eigenvalue weighted by Gasteiger charge is -2.28. The van der Waals surface area contributed by atoms with Crippen molar-refractivity contribution in [1.82, 2.24) is 0 Å². The molecule has 0 N–H and O–H groups in total. The Kier molecular flexibility index (Phi) is 21.8. The van der Waals surface area contributed by atoms with Gasteiger partial charge in [-0.05, 0) is 210 Å². The molecule has 18 aromatic rings. The van der Waals surface area contributed by atoms with Crippen molar-refractivity contribution in [3.63, 3.8) is 0 Å². The smallest absolute Gasteiger partial charge is 0.0721 e. The van der Waals surface area contributed by atoms with Gasteiger partial charge in [-0.1, -0.05) is 316 Å². The fraction of sp³-hybridized carbons (Fsp3) is 0.0545. The third-order valence-corrected chi connectivity index (χ3v) is 22.0. The zero-order valence-electron chi connectivity index (χ0n) is 65.1. The average molecular weight is 1510 g/mol. The Morgan fingerprint density at radius 2 is 0.350 bits per heavy atom. The van der Waals surface area contributed by atoms with E-state index in [0.717, 1.165) is 135 Å². The van der Waals surface area contributed by atoms with E-state index in [1.165, 1.54) is 43.1 Å². The highest BCUT2D eigenvalue weighted by atomic mass is 16.5. The summed E-state index contributed by atoms with van der Waals surface area (Å²) in [7, 11) is 0. The van der Waals surface area contributed by atoms with Gasteiger partial charge >= 0.3 is 0 Å². The lowest BCUT2D eigenvalue weighted by atomic mass is 10.0. The van der Waals surface area contributed by atoms with Crippen molar-refractivity contribution in [3.05, 3.63) is 470 Å². The molecule has 0 saturated heterocycles. The first-order valence-electron chi connectivity index (χ1n) is 39.9. The van der Waals surface area contributed by atoms with Crippen LogP contribution in [0.1, 0.15) is 44.5 Å². The van der Waals surface area contributed by atoms with Gasteiger partial charge in [-0.15, -0.1) is 0 Å². The lowest BCUT2D eigenvalue weighted by Crippen LogP contribution is -2.11. The predicted molar refractivity (Wildman–Crippen MR) is 491 cm³/mol. The summed E-state index contributed by atoms with van der Waals surface area (Å²) in [5.74, 6) is 0. The largest absolute Gasteiger partial charge is 0.372 e. The molecule has 7 nitrogen and oxygen atoms in total. The van der Waals surface area contributed by atoms with Gasteiger partial charge in [-0.2, -0.15) is 0 Å². The fourth-order valence-corrected chi connectivity index (χ4v) is 15.9. The van der Waals surface area contributed by atoms with Crippen molar-refractivity contribution in [1.29, 1.82) is 0 Å². The predicted octanol–water partition coefficient (Wildman–Crippen LogP) is 29.9. The molecule has 0 amide bonds. The zero-order chi connectivity index (χ0) is 78.6. The maximum Gasteiger partial charge on any atom is 0.0721 e. The molecule has 18 aromatic carbocycles. The molecule has 0 aliphatic heterocycles. The molecule has 0 bridgehead atoms. The van der Waals surface area contributed by atoms with Crippen LogP contribution < -0.4 is 19.6 Å². The number of anilines is 12. The minimum atomic E-state index is 0.455. The maximum absolute atomic E-state index is 6.56. The highest BCUT2D eigenvalue weighted by molar-refractivity contribution is 6.03. The first kappa shape index (κ1) is 74.0. The topological polar surface area (TPSA) is 40.7 Å². The third-order valence-electron chi connectivity index (χ3n) is 22.0. The summed E-state index contributed by atoms with van der Waals surface area (Å²) in [5, 5.41) is 9.43. The lowest BCUT2D eigenvalue weighted by molar-refractivity contribution is 0.107. The van der Waals surface area contributed by atoms with Crippen LogP contribution in [0.15, 0.2) is 426 Å². The first-order valence-corrected chi connectivity index (χ1v) is 39.9. The molecule has 0 unspecified atom stereocenters. The van der Waals surface area contributed by atoms with Gasteiger partial charge in [-0.25, -0.2) is 0 Å². The van der Waals surface area contributed by atoms with Crippen molar-refractivity contribution in [2.45, 2.75) is 39.6 Å². The molecule has 7 heteroatoms. The van der Waals surface area contributed by atoms with Crippen LogP contribution in [0.25, 0.3) is 77.5 Å².